The zero-order valence-electron chi connectivity index (χ0n) is 11.8. The van der Waals surface area contributed by atoms with E-state index in [1.165, 1.54) is 0 Å². The van der Waals surface area contributed by atoms with Crippen LogP contribution in [0.3, 0.4) is 0 Å². The first kappa shape index (κ1) is 14.8. The Morgan fingerprint density at radius 3 is 2.85 bits per heavy atom. The minimum Gasteiger partial charge on any atom is -0.352 e. The molecule has 0 atom stereocenters. The largest absolute Gasteiger partial charge is 0.352 e. The van der Waals surface area contributed by atoms with Crippen LogP contribution in [-0.4, -0.2) is 17.4 Å². The molecule has 4 heteroatoms. The van der Waals surface area contributed by atoms with E-state index in [-0.39, 0.29) is 5.91 Å². The number of nitrogens with one attached hydrogen (secondary N) is 1. The second kappa shape index (κ2) is 6.71. The number of amides is 1. The molecule has 2 rings (SSSR count). The van der Waals surface area contributed by atoms with Gasteiger partial charge in [-0.25, -0.2) is 4.98 Å². The number of hydrogen-bond acceptors (Lipinski definition) is 2. The predicted molar refractivity (Wildman–Crippen MR) is 83.2 cm³/mol. The zero-order chi connectivity index (χ0) is 14.5. The van der Waals surface area contributed by atoms with Crippen LogP contribution in [0.2, 0.25) is 5.15 Å². The highest BCUT2D eigenvalue weighted by atomic mass is 35.5. The van der Waals surface area contributed by atoms with Crippen molar-refractivity contribution >= 4 is 28.4 Å². The number of rotatable bonds is 5. The Labute approximate surface area is 124 Å². The van der Waals surface area contributed by atoms with Crippen LogP contribution >= 0.6 is 11.6 Å². The maximum Gasteiger partial charge on any atom is 0.251 e. The SMILES string of the molecule is CC(C)CCCNC(=O)c1ccc2nc(Cl)ccc2c1. The Bertz CT molecular complexity index is 610. The summed E-state index contributed by atoms with van der Waals surface area (Å²) in [6.07, 6.45) is 2.13. The van der Waals surface area contributed by atoms with E-state index in [4.69, 9.17) is 11.6 Å². The van der Waals surface area contributed by atoms with Crippen LogP contribution in [0.25, 0.3) is 10.9 Å². The van der Waals surface area contributed by atoms with Crippen molar-refractivity contribution in [3.63, 3.8) is 0 Å². The summed E-state index contributed by atoms with van der Waals surface area (Å²) in [6, 6.07) is 9.05. The molecular weight excluding hydrogens is 272 g/mol. The molecule has 3 nitrogen and oxygen atoms in total. The molecule has 0 spiro atoms. The number of carbonyl (C=O) groups excluding carboxylic acids is 1. The molecule has 1 N–H and O–H groups in total. The molecule has 0 saturated heterocycles. The van der Waals surface area contributed by atoms with Gasteiger partial charge in [-0.2, -0.15) is 0 Å². The van der Waals surface area contributed by atoms with Crippen molar-refractivity contribution in [2.75, 3.05) is 6.54 Å². The minimum absolute atomic E-state index is 0.0365. The van der Waals surface area contributed by atoms with Gasteiger partial charge in [0.1, 0.15) is 5.15 Å². The molecule has 2 aromatic rings. The van der Waals surface area contributed by atoms with Gasteiger partial charge in [-0.1, -0.05) is 25.4 Å². The van der Waals surface area contributed by atoms with E-state index in [1.807, 2.05) is 18.2 Å². The predicted octanol–water partition coefficient (Wildman–Crippen LogP) is 4.05. The maximum atomic E-state index is 12.0. The fourth-order valence-electron chi connectivity index (χ4n) is 2.06. The summed E-state index contributed by atoms with van der Waals surface area (Å²) in [5.74, 6) is 0.633. The van der Waals surface area contributed by atoms with Gasteiger partial charge in [0, 0.05) is 17.5 Å². The van der Waals surface area contributed by atoms with Gasteiger partial charge in [-0.3, -0.25) is 4.79 Å². The van der Waals surface area contributed by atoms with Crippen LogP contribution in [0, 0.1) is 5.92 Å². The zero-order valence-corrected chi connectivity index (χ0v) is 12.6. The second-order valence-electron chi connectivity index (χ2n) is 5.33. The van der Waals surface area contributed by atoms with Gasteiger partial charge in [-0.05, 0) is 49.1 Å². The third-order valence-electron chi connectivity index (χ3n) is 3.16. The lowest BCUT2D eigenvalue weighted by atomic mass is 10.1. The lowest BCUT2D eigenvalue weighted by Gasteiger charge is -2.07. The molecular formula is C16H19ClN2O. The number of halogens is 1. The van der Waals surface area contributed by atoms with E-state index in [0.29, 0.717) is 23.2 Å². The number of fused-ring (bicyclic) bond motifs is 1. The Kier molecular flexibility index (Phi) is 4.96. The fourth-order valence-corrected chi connectivity index (χ4v) is 2.21. The summed E-state index contributed by atoms with van der Waals surface area (Å²) < 4.78 is 0. The molecule has 0 aliphatic rings. The van der Waals surface area contributed by atoms with Crippen LogP contribution in [0.1, 0.15) is 37.0 Å². The molecule has 1 amide bonds. The van der Waals surface area contributed by atoms with E-state index < -0.39 is 0 Å². The first-order valence-electron chi connectivity index (χ1n) is 6.91. The van der Waals surface area contributed by atoms with Crippen LogP contribution in [0.4, 0.5) is 0 Å². The average molecular weight is 291 g/mol. The monoisotopic (exact) mass is 290 g/mol. The van der Waals surface area contributed by atoms with E-state index in [1.54, 1.807) is 12.1 Å². The number of benzene rings is 1. The Morgan fingerprint density at radius 2 is 2.10 bits per heavy atom. The number of pyridine rings is 1. The highest BCUT2D eigenvalue weighted by molar-refractivity contribution is 6.29. The van der Waals surface area contributed by atoms with Crippen molar-refractivity contribution in [3.05, 3.63) is 41.0 Å². The second-order valence-corrected chi connectivity index (χ2v) is 5.72. The van der Waals surface area contributed by atoms with Crippen LogP contribution < -0.4 is 5.32 Å². The van der Waals surface area contributed by atoms with Gasteiger partial charge in [0.2, 0.25) is 0 Å². The average Bonchev–Trinajstić information content (AvgIpc) is 2.42. The highest BCUT2D eigenvalue weighted by Crippen LogP contribution is 2.17. The van der Waals surface area contributed by atoms with Gasteiger partial charge in [0.15, 0.2) is 0 Å². The number of carbonyl (C=O) groups is 1. The van der Waals surface area contributed by atoms with Crippen LogP contribution in [-0.2, 0) is 0 Å². The van der Waals surface area contributed by atoms with Gasteiger partial charge in [-0.15, -0.1) is 0 Å². The molecule has 0 aliphatic carbocycles. The summed E-state index contributed by atoms with van der Waals surface area (Å²) in [6.45, 7) is 5.08. The quantitative estimate of drug-likeness (QED) is 0.666. The Morgan fingerprint density at radius 1 is 1.30 bits per heavy atom. The van der Waals surface area contributed by atoms with E-state index in [9.17, 15) is 4.79 Å². The molecule has 1 heterocycles. The Hall–Kier alpha value is -1.61. The normalized spacial score (nSPS) is 11.0. The van der Waals surface area contributed by atoms with Gasteiger partial charge < -0.3 is 5.32 Å². The lowest BCUT2D eigenvalue weighted by molar-refractivity contribution is 0.0952. The summed E-state index contributed by atoms with van der Waals surface area (Å²) >= 11 is 5.84. The van der Waals surface area contributed by atoms with E-state index in [2.05, 4.69) is 24.1 Å². The third-order valence-corrected chi connectivity index (χ3v) is 3.37. The topological polar surface area (TPSA) is 42.0 Å². The lowest BCUT2D eigenvalue weighted by Crippen LogP contribution is -2.24. The third kappa shape index (κ3) is 3.94. The summed E-state index contributed by atoms with van der Waals surface area (Å²) in [5.41, 5.74) is 1.46. The summed E-state index contributed by atoms with van der Waals surface area (Å²) in [7, 11) is 0. The van der Waals surface area contributed by atoms with E-state index in [0.717, 1.165) is 23.7 Å². The van der Waals surface area contributed by atoms with Gasteiger partial charge in [0.25, 0.3) is 5.91 Å². The summed E-state index contributed by atoms with van der Waals surface area (Å²) in [4.78, 5) is 16.2. The number of hydrogen-bond donors (Lipinski definition) is 1. The van der Waals surface area contributed by atoms with E-state index >= 15 is 0 Å². The van der Waals surface area contributed by atoms with Crippen molar-refractivity contribution in [1.29, 1.82) is 0 Å². The molecule has 0 bridgehead atoms. The van der Waals surface area contributed by atoms with Crippen molar-refractivity contribution in [2.24, 2.45) is 5.92 Å². The maximum absolute atomic E-state index is 12.0. The van der Waals surface area contributed by atoms with Crippen molar-refractivity contribution in [3.8, 4) is 0 Å². The first-order chi connectivity index (χ1) is 9.56. The molecule has 20 heavy (non-hydrogen) atoms. The minimum atomic E-state index is -0.0365. The molecule has 1 aromatic carbocycles. The summed E-state index contributed by atoms with van der Waals surface area (Å²) in [5, 5.41) is 4.33. The van der Waals surface area contributed by atoms with Crippen molar-refractivity contribution in [2.45, 2.75) is 26.7 Å². The van der Waals surface area contributed by atoms with Crippen LogP contribution in [0.15, 0.2) is 30.3 Å². The Balaban J connectivity index is 2.01. The highest BCUT2D eigenvalue weighted by Gasteiger charge is 2.06. The molecule has 106 valence electrons. The van der Waals surface area contributed by atoms with Crippen molar-refractivity contribution < 1.29 is 4.79 Å². The van der Waals surface area contributed by atoms with Crippen molar-refractivity contribution in [1.82, 2.24) is 10.3 Å². The molecule has 0 saturated carbocycles. The van der Waals surface area contributed by atoms with Gasteiger partial charge >= 0.3 is 0 Å². The first-order valence-corrected chi connectivity index (χ1v) is 7.28. The smallest absolute Gasteiger partial charge is 0.251 e. The fraction of sp³-hybridized carbons (Fsp3) is 0.375. The number of aromatic nitrogens is 1. The standard InChI is InChI=1S/C16H19ClN2O/c1-11(2)4-3-9-18-16(20)13-5-7-14-12(10-13)6-8-15(17)19-14/h5-8,10-11H,3-4,9H2,1-2H3,(H,18,20). The van der Waals surface area contributed by atoms with Gasteiger partial charge in [0.05, 0.1) is 5.52 Å². The molecule has 1 aromatic heterocycles. The van der Waals surface area contributed by atoms with Crippen LogP contribution in [0.5, 0.6) is 0 Å². The molecule has 0 aliphatic heterocycles. The molecule has 0 radical (unpaired) electrons. The number of nitrogens with zero attached hydrogens (tertiary/aromatic N) is 1. The molecule has 0 fully saturated rings. The molecule has 0 unspecified atom stereocenters.